The van der Waals surface area contributed by atoms with Crippen LogP contribution in [0.15, 0.2) is 12.7 Å². The number of nitrogens with two attached hydrogens (primary N) is 1. The van der Waals surface area contributed by atoms with Crippen LogP contribution >= 0.6 is 0 Å². The molecular weight excluding hydrogens is 656 g/mol. The molecule has 296 valence electrons. The summed E-state index contributed by atoms with van der Waals surface area (Å²) < 4.78 is 12.8. The second-order valence-corrected chi connectivity index (χ2v) is 14.4. The fourth-order valence-corrected chi connectivity index (χ4v) is 6.48. The molecular formula is C41H72N6O5. The Balaban J connectivity index is 1.68. The van der Waals surface area contributed by atoms with E-state index < -0.39 is 12.0 Å². The van der Waals surface area contributed by atoms with E-state index in [2.05, 4.69) is 34.1 Å². The van der Waals surface area contributed by atoms with Gasteiger partial charge < -0.3 is 25.1 Å². The molecule has 0 aromatic carbocycles. The second-order valence-electron chi connectivity index (χ2n) is 14.4. The summed E-state index contributed by atoms with van der Waals surface area (Å²) in [6, 6.07) is -0.929. The van der Waals surface area contributed by atoms with Crippen LogP contribution in [0.3, 0.4) is 0 Å². The Morgan fingerprint density at radius 2 is 1.13 bits per heavy atom. The van der Waals surface area contributed by atoms with Gasteiger partial charge in [-0.1, -0.05) is 155 Å². The van der Waals surface area contributed by atoms with Gasteiger partial charge >= 0.3 is 11.9 Å². The average molecular weight is 729 g/mol. The number of aromatic nitrogens is 4. The molecule has 3 N–H and O–H groups in total. The summed E-state index contributed by atoms with van der Waals surface area (Å²) in [5.41, 5.74) is 6.89. The van der Waals surface area contributed by atoms with E-state index in [-0.39, 0.29) is 37.0 Å². The molecule has 0 spiro atoms. The minimum Gasteiger partial charge on any atom is -0.466 e. The number of unbranched alkanes of at least 4 members (excludes halogenated alkanes) is 22. The number of amides is 1. The van der Waals surface area contributed by atoms with Crippen molar-refractivity contribution in [2.24, 2.45) is 0 Å². The van der Waals surface area contributed by atoms with E-state index in [1.165, 1.54) is 122 Å². The molecule has 0 aliphatic heterocycles. The minimum absolute atomic E-state index is 0.0270. The van der Waals surface area contributed by atoms with Crippen LogP contribution in [0, 0.1) is 0 Å². The van der Waals surface area contributed by atoms with Crippen molar-refractivity contribution >= 4 is 34.8 Å². The van der Waals surface area contributed by atoms with E-state index in [0.717, 1.165) is 38.5 Å². The van der Waals surface area contributed by atoms with Crippen LogP contribution in [-0.2, 0) is 30.4 Å². The smallest absolute Gasteiger partial charge is 0.328 e. The number of ether oxygens (including phenoxy) is 2. The largest absolute Gasteiger partial charge is 0.466 e. The predicted octanol–water partition coefficient (Wildman–Crippen LogP) is 9.55. The fourth-order valence-electron chi connectivity index (χ4n) is 6.48. The van der Waals surface area contributed by atoms with E-state index >= 15 is 0 Å². The highest BCUT2D eigenvalue weighted by molar-refractivity contribution is 5.85. The zero-order chi connectivity index (χ0) is 37.5. The van der Waals surface area contributed by atoms with Crippen LogP contribution in [-0.4, -0.2) is 56.6 Å². The maximum atomic E-state index is 13.1. The highest BCUT2D eigenvalue weighted by Crippen LogP contribution is 2.16. The van der Waals surface area contributed by atoms with Crippen molar-refractivity contribution in [2.75, 3.05) is 18.9 Å². The summed E-state index contributed by atoms with van der Waals surface area (Å²) in [6.07, 6.45) is 32.7. The number of esters is 2. The topological polar surface area (TPSA) is 151 Å². The van der Waals surface area contributed by atoms with E-state index in [1.54, 1.807) is 10.9 Å². The summed E-state index contributed by atoms with van der Waals surface area (Å²) in [6.45, 7) is 5.47. The maximum Gasteiger partial charge on any atom is 0.328 e. The Hall–Kier alpha value is -3.24. The molecule has 0 bridgehead atoms. The number of carbonyl (C=O) groups excluding carboxylic acids is 3. The van der Waals surface area contributed by atoms with Crippen LogP contribution < -0.4 is 11.1 Å². The highest BCUT2D eigenvalue weighted by atomic mass is 16.5. The van der Waals surface area contributed by atoms with Gasteiger partial charge in [0, 0.05) is 19.4 Å². The van der Waals surface area contributed by atoms with E-state index in [9.17, 15) is 14.4 Å². The zero-order valence-corrected chi connectivity index (χ0v) is 32.9. The van der Waals surface area contributed by atoms with Gasteiger partial charge in [-0.25, -0.2) is 19.7 Å². The molecule has 0 aliphatic rings. The summed E-state index contributed by atoms with van der Waals surface area (Å²) in [4.78, 5) is 51.0. The number of rotatable bonds is 34. The van der Waals surface area contributed by atoms with Crippen molar-refractivity contribution in [3.63, 3.8) is 0 Å². The lowest BCUT2D eigenvalue weighted by molar-refractivity contribution is -0.149. The van der Waals surface area contributed by atoms with Gasteiger partial charge in [0.1, 0.15) is 17.9 Å². The summed E-state index contributed by atoms with van der Waals surface area (Å²) in [7, 11) is 0. The first-order chi connectivity index (χ1) is 25.5. The van der Waals surface area contributed by atoms with Crippen LogP contribution in [0.5, 0.6) is 0 Å². The number of hydrogen-bond acceptors (Lipinski definition) is 9. The number of aryl methyl sites for hydroxylation is 1. The third kappa shape index (κ3) is 21.3. The number of anilines is 1. The molecule has 2 aromatic rings. The van der Waals surface area contributed by atoms with Crippen LogP contribution in [0.2, 0.25) is 0 Å². The molecule has 1 atom stereocenters. The lowest BCUT2D eigenvalue weighted by Crippen LogP contribution is -2.42. The minimum atomic E-state index is -0.929. The second kappa shape index (κ2) is 30.2. The van der Waals surface area contributed by atoms with Gasteiger partial charge in [0.15, 0.2) is 11.5 Å². The lowest BCUT2D eigenvalue weighted by Gasteiger charge is -2.18. The number of carbonyl (C=O) groups is 3. The first kappa shape index (κ1) is 44.9. The molecule has 52 heavy (non-hydrogen) atoms. The monoisotopic (exact) mass is 729 g/mol. The number of imidazole rings is 1. The fraction of sp³-hybridized carbons (Fsp3) is 0.805. The Kier molecular flexibility index (Phi) is 26.1. The van der Waals surface area contributed by atoms with Gasteiger partial charge in [-0.2, -0.15) is 0 Å². The molecule has 0 aliphatic carbocycles. The molecule has 0 saturated carbocycles. The molecule has 2 rings (SSSR count). The average Bonchev–Trinajstić information content (AvgIpc) is 3.57. The number of hydrogen-bond donors (Lipinski definition) is 2. The molecule has 1 unspecified atom stereocenters. The molecule has 0 saturated heterocycles. The van der Waals surface area contributed by atoms with Crippen molar-refractivity contribution in [3.05, 3.63) is 12.7 Å². The zero-order valence-electron chi connectivity index (χ0n) is 32.9. The number of nitrogen functional groups attached to an aromatic ring is 1. The van der Waals surface area contributed by atoms with Crippen molar-refractivity contribution in [1.82, 2.24) is 24.8 Å². The Morgan fingerprint density at radius 1 is 0.654 bits per heavy atom. The van der Waals surface area contributed by atoms with Crippen molar-refractivity contribution in [1.29, 1.82) is 0 Å². The van der Waals surface area contributed by atoms with Gasteiger partial charge in [0.2, 0.25) is 5.91 Å². The Labute approximate surface area is 314 Å². The van der Waals surface area contributed by atoms with Crippen molar-refractivity contribution < 1.29 is 23.9 Å². The normalized spacial score (nSPS) is 11.9. The summed E-state index contributed by atoms with van der Waals surface area (Å²) in [5.74, 6) is -0.937. The Morgan fingerprint density at radius 3 is 1.65 bits per heavy atom. The van der Waals surface area contributed by atoms with Gasteiger partial charge in [0.25, 0.3) is 0 Å². The van der Waals surface area contributed by atoms with Crippen LogP contribution in [0.1, 0.15) is 187 Å². The van der Waals surface area contributed by atoms with Gasteiger partial charge in [0.05, 0.1) is 19.5 Å². The number of fused-ring (bicyclic) bond motifs is 1. The molecule has 2 heterocycles. The summed E-state index contributed by atoms with van der Waals surface area (Å²) in [5, 5.41) is 2.80. The van der Waals surface area contributed by atoms with Crippen LogP contribution in [0.4, 0.5) is 5.82 Å². The maximum absolute atomic E-state index is 13.1. The third-order valence-electron chi connectivity index (χ3n) is 9.77. The predicted molar refractivity (Wildman–Crippen MR) is 210 cm³/mol. The Bertz CT molecular complexity index is 1220. The van der Waals surface area contributed by atoms with Gasteiger partial charge in [-0.15, -0.1) is 0 Å². The van der Waals surface area contributed by atoms with Crippen LogP contribution in [0.25, 0.3) is 11.2 Å². The molecule has 1 amide bonds. The van der Waals surface area contributed by atoms with E-state index in [0.29, 0.717) is 30.9 Å². The quantitative estimate of drug-likeness (QED) is 0.0530. The molecule has 2 aromatic heterocycles. The van der Waals surface area contributed by atoms with Gasteiger partial charge in [-0.3, -0.25) is 9.59 Å². The molecule has 11 nitrogen and oxygen atoms in total. The van der Waals surface area contributed by atoms with E-state index in [1.807, 2.05) is 0 Å². The SMILES string of the molecule is CCCCCCCCCCCCCCOC(=O)CCC(NC(=O)CCn1cnc2c(N)ncnc21)C(=O)OCCCCCCCCCCCCCC. The summed E-state index contributed by atoms with van der Waals surface area (Å²) >= 11 is 0. The van der Waals surface area contributed by atoms with Crippen molar-refractivity contribution in [3.8, 4) is 0 Å². The highest BCUT2D eigenvalue weighted by Gasteiger charge is 2.24. The molecule has 0 fully saturated rings. The van der Waals surface area contributed by atoms with E-state index in [4.69, 9.17) is 15.2 Å². The number of nitrogens with zero attached hydrogens (tertiary/aromatic N) is 4. The number of nitrogens with one attached hydrogen (secondary N) is 1. The third-order valence-corrected chi connectivity index (χ3v) is 9.77. The standard InChI is InChI=1S/C41H72N6O5/c1-3-5-7-9-11-13-15-17-19-21-23-25-31-51-37(49)28-27-35(41(50)52-32-26-24-22-20-18-16-14-12-10-8-6-4-2)46-36(48)29-30-47-34-45-38-39(42)43-33-44-40(38)47/h33-35H,3-32H2,1-2H3,(H,46,48)(H2,42,43,44). The van der Waals surface area contributed by atoms with Gasteiger partial charge in [-0.05, 0) is 19.3 Å². The molecule has 11 heteroatoms. The first-order valence-electron chi connectivity index (χ1n) is 21.0. The van der Waals surface area contributed by atoms with Crippen molar-refractivity contribution in [2.45, 2.75) is 200 Å². The molecule has 0 radical (unpaired) electrons. The lowest BCUT2D eigenvalue weighted by atomic mass is 10.1. The first-order valence-corrected chi connectivity index (χ1v) is 21.0.